The highest BCUT2D eigenvalue weighted by atomic mass is 16.4. The molecule has 4 heteroatoms. The highest BCUT2D eigenvalue weighted by molar-refractivity contribution is 6.07. The van der Waals surface area contributed by atoms with E-state index in [2.05, 4.69) is 0 Å². The summed E-state index contributed by atoms with van der Waals surface area (Å²) in [5.41, 5.74) is 0.927. The van der Waals surface area contributed by atoms with Crippen molar-refractivity contribution in [3.05, 3.63) is 47.5 Å². The standard InChI is InChI=1S/C14H10O4/c15-8-9-1-2-11-6-12(4-3-10(11)5-9)13(16)7-14(17)18/h1-6,8H,7H2,(H,17,18). The number of carbonyl (C=O) groups excluding carboxylic acids is 2. The summed E-state index contributed by atoms with van der Waals surface area (Å²) in [5, 5.41) is 10.2. The number of fused-ring (bicyclic) bond motifs is 1. The van der Waals surface area contributed by atoms with Crippen molar-refractivity contribution in [2.45, 2.75) is 6.42 Å². The quantitative estimate of drug-likeness (QED) is 0.507. The van der Waals surface area contributed by atoms with Gasteiger partial charge in [0.25, 0.3) is 0 Å². The average molecular weight is 242 g/mol. The Hall–Kier alpha value is -2.49. The molecule has 0 radical (unpaired) electrons. The SMILES string of the molecule is O=Cc1ccc2cc(C(=O)CC(=O)O)ccc2c1. The monoisotopic (exact) mass is 242 g/mol. The molecule has 0 spiro atoms. The maximum absolute atomic E-state index is 11.6. The van der Waals surface area contributed by atoms with Gasteiger partial charge < -0.3 is 5.11 Å². The number of hydrogen-bond donors (Lipinski definition) is 1. The Balaban J connectivity index is 2.41. The molecule has 2 aromatic rings. The van der Waals surface area contributed by atoms with Gasteiger partial charge in [0.1, 0.15) is 12.7 Å². The minimum absolute atomic E-state index is 0.365. The lowest BCUT2D eigenvalue weighted by molar-refractivity contribution is -0.135. The normalized spacial score (nSPS) is 10.2. The molecule has 0 aromatic heterocycles. The minimum Gasteiger partial charge on any atom is -0.481 e. The molecule has 0 aliphatic rings. The number of Topliss-reactive ketones (excluding diaryl/α,β-unsaturated/α-hetero) is 1. The molecule has 0 aliphatic heterocycles. The van der Waals surface area contributed by atoms with Crippen LogP contribution in [0, 0.1) is 0 Å². The maximum Gasteiger partial charge on any atom is 0.311 e. The summed E-state index contributed by atoms with van der Waals surface area (Å²) in [6.45, 7) is 0. The molecule has 0 amide bonds. The molecular formula is C14H10O4. The zero-order chi connectivity index (χ0) is 13.1. The second-order valence-corrected chi connectivity index (χ2v) is 3.93. The van der Waals surface area contributed by atoms with E-state index in [0.717, 1.165) is 17.1 Å². The Bertz CT molecular complexity index is 643. The van der Waals surface area contributed by atoms with E-state index in [0.29, 0.717) is 11.1 Å². The predicted molar refractivity (Wildman–Crippen MR) is 65.9 cm³/mol. The Labute approximate surface area is 103 Å². The van der Waals surface area contributed by atoms with Crippen molar-refractivity contribution in [3.8, 4) is 0 Å². The van der Waals surface area contributed by atoms with Gasteiger partial charge in [-0.2, -0.15) is 0 Å². The molecule has 0 saturated carbocycles. The lowest BCUT2D eigenvalue weighted by Crippen LogP contribution is -2.06. The number of hydrogen-bond acceptors (Lipinski definition) is 3. The van der Waals surface area contributed by atoms with Crippen LogP contribution in [-0.2, 0) is 4.79 Å². The molecule has 0 unspecified atom stereocenters. The maximum atomic E-state index is 11.6. The fourth-order valence-electron chi connectivity index (χ4n) is 1.75. The van der Waals surface area contributed by atoms with Crippen molar-refractivity contribution in [1.82, 2.24) is 0 Å². The number of carbonyl (C=O) groups is 3. The number of ketones is 1. The first kappa shape index (κ1) is 12.0. The Morgan fingerprint density at radius 1 is 1.06 bits per heavy atom. The van der Waals surface area contributed by atoms with E-state index < -0.39 is 18.2 Å². The predicted octanol–water partition coefficient (Wildman–Crippen LogP) is 2.31. The van der Waals surface area contributed by atoms with Gasteiger partial charge in [-0.15, -0.1) is 0 Å². The van der Waals surface area contributed by atoms with E-state index >= 15 is 0 Å². The Morgan fingerprint density at radius 2 is 1.72 bits per heavy atom. The highest BCUT2D eigenvalue weighted by Crippen LogP contribution is 2.18. The Kier molecular flexibility index (Phi) is 3.19. The zero-order valence-electron chi connectivity index (χ0n) is 9.42. The van der Waals surface area contributed by atoms with Gasteiger partial charge in [0.05, 0.1) is 0 Å². The number of rotatable bonds is 4. The summed E-state index contributed by atoms with van der Waals surface area (Å²) >= 11 is 0. The molecule has 90 valence electrons. The molecule has 0 bridgehead atoms. The van der Waals surface area contributed by atoms with Crippen LogP contribution in [0.1, 0.15) is 27.1 Å². The van der Waals surface area contributed by atoms with Crippen LogP contribution in [0.25, 0.3) is 10.8 Å². The first-order chi connectivity index (χ1) is 8.60. The zero-order valence-corrected chi connectivity index (χ0v) is 9.42. The lowest BCUT2D eigenvalue weighted by Gasteiger charge is -2.02. The van der Waals surface area contributed by atoms with Gasteiger partial charge in [-0.3, -0.25) is 14.4 Å². The van der Waals surface area contributed by atoms with Crippen molar-refractivity contribution in [1.29, 1.82) is 0 Å². The van der Waals surface area contributed by atoms with Crippen LogP contribution in [0.5, 0.6) is 0 Å². The van der Waals surface area contributed by atoms with Crippen molar-refractivity contribution in [2.24, 2.45) is 0 Å². The lowest BCUT2D eigenvalue weighted by atomic mass is 10.0. The Morgan fingerprint density at radius 3 is 2.39 bits per heavy atom. The van der Waals surface area contributed by atoms with E-state index in [1.165, 1.54) is 0 Å². The van der Waals surface area contributed by atoms with Crippen LogP contribution < -0.4 is 0 Å². The van der Waals surface area contributed by atoms with E-state index in [9.17, 15) is 14.4 Å². The van der Waals surface area contributed by atoms with Crippen molar-refractivity contribution < 1.29 is 19.5 Å². The molecular weight excluding hydrogens is 232 g/mol. The van der Waals surface area contributed by atoms with Gasteiger partial charge in [-0.1, -0.05) is 24.3 Å². The fourth-order valence-corrected chi connectivity index (χ4v) is 1.75. The number of benzene rings is 2. The summed E-state index contributed by atoms with van der Waals surface area (Å²) in [7, 11) is 0. The summed E-state index contributed by atoms with van der Waals surface area (Å²) in [6, 6.07) is 10.0. The van der Waals surface area contributed by atoms with E-state index in [1.807, 2.05) is 0 Å². The van der Waals surface area contributed by atoms with Gasteiger partial charge in [-0.25, -0.2) is 0 Å². The van der Waals surface area contributed by atoms with E-state index in [4.69, 9.17) is 5.11 Å². The smallest absolute Gasteiger partial charge is 0.311 e. The van der Waals surface area contributed by atoms with Crippen molar-refractivity contribution in [3.63, 3.8) is 0 Å². The molecule has 0 fully saturated rings. The largest absolute Gasteiger partial charge is 0.481 e. The van der Waals surface area contributed by atoms with Crippen molar-refractivity contribution in [2.75, 3.05) is 0 Å². The first-order valence-electron chi connectivity index (χ1n) is 5.34. The molecule has 4 nitrogen and oxygen atoms in total. The second-order valence-electron chi connectivity index (χ2n) is 3.93. The van der Waals surface area contributed by atoms with Gasteiger partial charge in [-0.05, 0) is 22.9 Å². The number of aldehydes is 1. The second kappa shape index (κ2) is 4.79. The highest BCUT2D eigenvalue weighted by Gasteiger charge is 2.10. The first-order valence-corrected chi connectivity index (χ1v) is 5.34. The van der Waals surface area contributed by atoms with Gasteiger partial charge in [0, 0.05) is 11.1 Å². The van der Waals surface area contributed by atoms with Crippen LogP contribution in [-0.4, -0.2) is 23.1 Å². The molecule has 0 heterocycles. The molecule has 0 aliphatic carbocycles. The third kappa shape index (κ3) is 2.43. The van der Waals surface area contributed by atoms with Gasteiger partial charge >= 0.3 is 5.97 Å². The molecule has 2 aromatic carbocycles. The van der Waals surface area contributed by atoms with Crippen molar-refractivity contribution >= 4 is 28.8 Å². The van der Waals surface area contributed by atoms with Crippen LogP contribution >= 0.6 is 0 Å². The molecule has 0 saturated heterocycles. The molecule has 18 heavy (non-hydrogen) atoms. The van der Waals surface area contributed by atoms with Crippen LogP contribution in [0.15, 0.2) is 36.4 Å². The number of carboxylic acids is 1. The van der Waals surface area contributed by atoms with Gasteiger partial charge in [0.2, 0.25) is 0 Å². The topological polar surface area (TPSA) is 71.4 Å². The average Bonchev–Trinajstić information content (AvgIpc) is 2.36. The summed E-state index contributed by atoms with van der Waals surface area (Å²) in [5.74, 6) is -1.57. The summed E-state index contributed by atoms with van der Waals surface area (Å²) in [4.78, 5) is 32.7. The molecule has 2 rings (SSSR count). The minimum atomic E-state index is -1.14. The third-order valence-electron chi connectivity index (χ3n) is 2.63. The number of carboxylic acid groups (broad SMARTS) is 1. The number of aliphatic carboxylic acids is 1. The third-order valence-corrected chi connectivity index (χ3v) is 2.63. The molecule has 1 N–H and O–H groups in total. The van der Waals surface area contributed by atoms with Gasteiger partial charge in [0.15, 0.2) is 5.78 Å². The summed E-state index contributed by atoms with van der Waals surface area (Å²) < 4.78 is 0. The van der Waals surface area contributed by atoms with E-state index in [1.54, 1.807) is 36.4 Å². The van der Waals surface area contributed by atoms with Crippen LogP contribution in [0.4, 0.5) is 0 Å². The fraction of sp³-hybridized carbons (Fsp3) is 0.0714. The van der Waals surface area contributed by atoms with Crippen LogP contribution in [0.3, 0.4) is 0 Å². The summed E-state index contributed by atoms with van der Waals surface area (Å²) in [6.07, 6.45) is 0.237. The van der Waals surface area contributed by atoms with Crippen LogP contribution in [0.2, 0.25) is 0 Å². The van der Waals surface area contributed by atoms with E-state index in [-0.39, 0.29) is 0 Å². The molecule has 0 atom stereocenters.